The summed E-state index contributed by atoms with van der Waals surface area (Å²) in [5.41, 5.74) is 1.61. The van der Waals surface area contributed by atoms with E-state index in [2.05, 4.69) is 20.4 Å². The summed E-state index contributed by atoms with van der Waals surface area (Å²) in [4.78, 5) is 41.6. The number of anilines is 2. The van der Waals surface area contributed by atoms with E-state index >= 15 is 0 Å². The highest BCUT2D eigenvalue weighted by Crippen LogP contribution is 2.22. The van der Waals surface area contributed by atoms with Crippen LogP contribution in [0.5, 0.6) is 0 Å². The van der Waals surface area contributed by atoms with Gasteiger partial charge in [0.05, 0.1) is 12.6 Å². The molecule has 0 aromatic heterocycles. The van der Waals surface area contributed by atoms with Gasteiger partial charge in [0.15, 0.2) is 11.7 Å². The van der Waals surface area contributed by atoms with Crippen molar-refractivity contribution in [3.05, 3.63) is 24.3 Å². The molecule has 2 aliphatic rings. The van der Waals surface area contributed by atoms with Crippen LogP contribution in [0.2, 0.25) is 0 Å². The fourth-order valence-corrected chi connectivity index (χ4v) is 3.89. The molecule has 2 aliphatic heterocycles. The highest BCUT2D eigenvalue weighted by atomic mass is 16.3. The molecule has 29 heavy (non-hydrogen) atoms. The van der Waals surface area contributed by atoms with Crippen molar-refractivity contribution in [2.24, 2.45) is 11.8 Å². The van der Waals surface area contributed by atoms with Gasteiger partial charge in [-0.25, -0.2) is 0 Å². The molecule has 2 saturated heterocycles. The number of nitrogens with one attached hydrogen (secondary N) is 2. The zero-order chi connectivity index (χ0) is 21.0. The molecule has 2 amide bonds. The van der Waals surface area contributed by atoms with Crippen molar-refractivity contribution < 1.29 is 19.5 Å². The van der Waals surface area contributed by atoms with E-state index < -0.39 is 23.8 Å². The van der Waals surface area contributed by atoms with Crippen LogP contribution in [-0.4, -0.2) is 73.0 Å². The van der Waals surface area contributed by atoms with Gasteiger partial charge in [0, 0.05) is 44.1 Å². The Morgan fingerprint density at radius 3 is 2.41 bits per heavy atom. The summed E-state index contributed by atoms with van der Waals surface area (Å²) >= 11 is 0. The van der Waals surface area contributed by atoms with Crippen molar-refractivity contribution in [2.75, 3.05) is 49.5 Å². The first-order chi connectivity index (χ1) is 13.9. The quantitative estimate of drug-likeness (QED) is 0.573. The van der Waals surface area contributed by atoms with Gasteiger partial charge in [-0.15, -0.1) is 0 Å². The Kier molecular flexibility index (Phi) is 6.87. The third-order valence-electron chi connectivity index (χ3n) is 5.46. The van der Waals surface area contributed by atoms with Gasteiger partial charge in [0.1, 0.15) is 0 Å². The third-order valence-corrected chi connectivity index (χ3v) is 5.46. The first-order valence-electron chi connectivity index (χ1n) is 10.2. The Morgan fingerprint density at radius 2 is 1.83 bits per heavy atom. The number of hydrogen-bond donors (Lipinski definition) is 3. The van der Waals surface area contributed by atoms with Crippen LogP contribution in [0.1, 0.15) is 20.3 Å². The molecule has 8 nitrogen and oxygen atoms in total. The monoisotopic (exact) mass is 402 g/mol. The first-order valence-corrected chi connectivity index (χ1v) is 10.2. The summed E-state index contributed by atoms with van der Waals surface area (Å²) in [6.07, 6.45) is 0.536. The molecule has 2 unspecified atom stereocenters. The molecule has 0 spiro atoms. The summed E-state index contributed by atoms with van der Waals surface area (Å²) in [5, 5.41) is 14.4. The maximum Gasteiger partial charge on any atom is 0.244 e. The number of aliphatic hydroxyl groups is 1. The summed E-state index contributed by atoms with van der Waals surface area (Å²) in [7, 11) is 0. The van der Waals surface area contributed by atoms with E-state index in [9.17, 15) is 14.4 Å². The molecule has 0 aliphatic carbocycles. The van der Waals surface area contributed by atoms with Gasteiger partial charge in [0.25, 0.3) is 0 Å². The van der Waals surface area contributed by atoms with Crippen molar-refractivity contribution in [3.63, 3.8) is 0 Å². The number of aliphatic hydroxyl groups excluding tert-OH is 1. The lowest BCUT2D eigenvalue weighted by Crippen LogP contribution is -2.47. The summed E-state index contributed by atoms with van der Waals surface area (Å²) < 4.78 is 0. The lowest BCUT2D eigenvalue weighted by molar-refractivity contribution is -0.135. The number of β-amino-alcohol motifs (C(OH)–C–C–N with tert-alkyl or cyclic N) is 1. The van der Waals surface area contributed by atoms with E-state index in [1.165, 1.54) is 0 Å². The maximum atomic E-state index is 12.5. The summed E-state index contributed by atoms with van der Waals surface area (Å²) in [6, 6.07) is 6.85. The van der Waals surface area contributed by atoms with E-state index in [0.717, 1.165) is 31.9 Å². The molecule has 1 aromatic rings. The minimum atomic E-state index is -1.28. The predicted octanol–water partition coefficient (Wildman–Crippen LogP) is 0.469. The molecule has 3 rings (SSSR count). The Morgan fingerprint density at radius 1 is 1.17 bits per heavy atom. The first kappa shape index (κ1) is 21.3. The molecule has 2 fully saturated rings. The minimum Gasteiger partial charge on any atom is -0.395 e. The van der Waals surface area contributed by atoms with Crippen molar-refractivity contribution in [1.29, 1.82) is 0 Å². The number of benzene rings is 1. The Balaban J connectivity index is 1.56. The Bertz CT molecular complexity index is 742. The fraction of sp³-hybridized carbons (Fsp3) is 0.571. The standard InChI is InChI=1S/C21H30N4O4/c1-14(2)13-17-19(27)18(21(29)23-17)20(28)22-15-3-5-16(6-4-15)25-9-7-24(8-10-25)11-12-26/h3-6,14,17-18,26H,7-13H2,1-2H3,(H,22,28)(H,23,29). The molecular formula is C21H30N4O4. The predicted molar refractivity (Wildman–Crippen MR) is 111 cm³/mol. The van der Waals surface area contributed by atoms with Gasteiger partial charge in [-0.3, -0.25) is 19.3 Å². The molecule has 0 saturated carbocycles. The van der Waals surface area contributed by atoms with Crippen molar-refractivity contribution in [2.45, 2.75) is 26.3 Å². The van der Waals surface area contributed by atoms with Gasteiger partial charge in [-0.05, 0) is 36.6 Å². The molecule has 2 heterocycles. The van der Waals surface area contributed by atoms with Crippen LogP contribution in [0, 0.1) is 11.8 Å². The van der Waals surface area contributed by atoms with Crippen LogP contribution in [0.3, 0.4) is 0 Å². The number of Topliss-reactive ketones (excluding diaryl/α,β-unsaturated/α-hetero) is 1. The second kappa shape index (κ2) is 9.37. The van der Waals surface area contributed by atoms with Crippen LogP contribution in [0.25, 0.3) is 0 Å². The van der Waals surface area contributed by atoms with Crippen molar-refractivity contribution >= 4 is 29.0 Å². The van der Waals surface area contributed by atoms with Gasteiger partial charge in [0.2, 0.25) is 11.8 Å². The molecule has 2 atom stereocenters. The normalized spacial score (nSPS) is 22.8. The average molecular weight is 402 g/mol. The number of nitrogens with zero attached hydrogens (tertiary/aromatic N) is 2. The van der Waals surface area contributed by atoms with Crippen molar-refractivity contribution in [3.8, 4) is 0 Å². The van der Waals surface area contributed by atoms with Crippen LogP contribution >= 0.6 is 0 Å². The molecule has 158 valence electrons. The van der Waals surface area contributed by atoms with Crippen molar-refractivity contribution in [1.82, 2.24) is 10.2 Å². The number of amides is 2. The number of ketones is 1. The minimum absolute atomic E-state index is 0.175. The fourth-order valence-electron chi connectivity index (χ4n) is 3.89. The van der Waals surface area contributed by atoms with Crippen LogP contribution in [0.15, 0.2) is 24.3 Å². The molecule has 8 heteroatoms. The summed E-state index contributed by atoms with van der Waals surface area (Å²) in [5.74, 6) is -2.47. The second-order valence-corrected chi connectivity index (χ2v) is 8.11. The molecule has 0 bridgehead atoms. The number of rotatable bonds is 7. The zero-order valence-electron chi connectivity index (χ0n) is 17.1. The second-order valence-electron chi connectivity index (χ2n) is 8.11. The van der Waals surface area contributed by atoms with E-state index in [-0.39, 0.29) is 18.3 Å². The molecule has 0 radical (unpaired) electrons. The topological polar surface area (TPSA) is 102 Å². The number of carbonyl (C=O) groups excluding carboxylic acids is 3. The van der Waals surface area contributed by atoms with Gasteiger partial charge >= 0.3 is 0 Å². The highest BCUT2D eigenvalue weighted by molar-refractivity contribution is 6.26. The Hall–Kier alpha value is -2.45. The van der Waals surface area contributed by atoms with Crippen LogP contribution < -0.4 is 15.5 Å². The van der Waals surface area contributed by atoms with Gasteiger partial charge in [-0.1, -0.05) is 13.8 Å². The largest absolute Gasteiger partial charge is 0.395 e. The van der Waals surface area contributed by atoms with Gasteiger partial charge < -0.3 is 20.6 Å². The van der Waals surface area contributed by atoms with Gasteiger partial charge in [-0.2, -0.15) is 0 Å². The molecule has 1 aromatic carbocycles. The number of carbonyl (C=O) groups is 3. The molecular weight excluding hydrogens is 372 g/mol. The van der Waals surface area contributed by atoms with E-state index in [1.807, 2.05) is 26.0 Å². The maximum absolute atomic E-state index is 12.5. The van der Waals surface area contributed by atoms with Crippen LogP contribution in [-0.2, 0) is 14.4 Å². The number of piperazine rings is 1. The van der Waals surface area contributed by atoms with Crippen LogP contribution in [0.4, 0.5) is 11.4 Å². The van der Waals surface area contributed by atoms with E-state index in [0.29, 0.717) is 18.7 Å². The van der Waals surface area contributed by atoms with E-state index in [4.69, 9.17) is 5.11 Å². The van der Waals surface area contributed by atoms with E-state index in [1.54, 1.807) is 12.1 Å². The zero-order valence-corrected chi connectivity index (χ0v) is 17.1. The lowest BCUT2D eigenvalue weighted by Gasteiger charge is -2.35. The summed E-state index contributed by atoms with van der Waals surface area (Å²) in [6.45, 7) is 8.37. The highest BCUT2D eigenvalue weighted by Gasteiger charge is 2.45. The SMILES string of the molecule is CC(C)CC1NC(=O)C(C(=O)Nc2ccc(N3CCN(CCO)CC3)cc2)C1=O. The third kappa shape index (κ3) is 5.13. The molecule has 3 N–H and O–H groups in total. The smallest absolute Gasteiger partial charge is 0.244 e. The lowest BCUT2D eigenvalue weighted by atomic mass is 9.96. The number of hydrogen-bond acceptors (Lipinski definition) is 6. The average Bonchev–Trinajstić information content (AvgIpc) is 2.96. The Labute approximate surface area is 171 Å².